The first-order chi connectivity index (χ1) is 7.62. The van der Waals surface area contributed by atoms with Gasteiger partial charge in [0.2, 0.25) is 0 Å². The molecule has 0 aliphatic carbocycles. The third-order valence-electron chi connectivity index (χ3n) is 2.78. The van der Waals surface area contributed by atoms with Crippen molar-refractivity contribution in [3.8, 4) is 6.07 Å². The summed E-state index contributed by atoms with van der Waals surface area (Å²) in [5.41, 5.74) is 5.26. The van der Waals surface area contributed by atoms with Crippen molar-refractivity contribution >= 4 is 5.97 Å². The Bertz CT molecular complexity index is 437. The van der Waals surface area contributed by atoms with Gasteiger partial charge in [0.05, 0.1) is 6.07 Å². The molecule has 16 heavy (non-hydrogen) atoms. The van der Waals surface area contributed by atoms with Gasteiger partial charge in [-0.25, -0.2) is 0 Å². The van der Waals surface area contributed by atoms with Crippen molar-refractivity contribution in [3.63, 3.8) is 0 Å². The molecular weight excluding hydrogens is 204 g/mol. The van der Waals surface area contributed by atoms with Crippen molar-refractivity contribution in [3.05, 3.63) is 35.4 Å². The number of nitrogens with zero attached hydrogens (tertiary/aromatic N) is 1. The number of carbonyl (C=O) groups is 1. The number of aliphatic carboxylic acids is 1. The molecule has 0 heterocycles. The molecule has 1 aromatic carbocycles. The summed E-state index contributed by atoms with van der Waals surface area (Å²) in [7, 11) is 0. The van der Waals surface area contributed by atoms with Gasteiger partial charge in [-0.3, -0.25) is 4.79 Å². The summed E-state index contributed by atoms with van der Waals surface area (Å²) < 4.78 is 0. The summed E-state index contributed by atoms with van der Waals surface area (Å²) >= 11 is 0. The second-order valence-electron chi connectivity index (χ2n) is 3.54. The third-order valence-corrected chi connectivity index (χ3v) is 2.78. The molecule has 0 radical (unpaired) electrons. The molecule has 1 atom stereocenters. The molecule has 0 aliphatic heterocycles. The molecule has 0 spiro atoms. The van der Waals surface area contributed by atoms with Crippen LogP contribution < -0.4 is 5.73 Å². The van der Waals surface area contributed by atoms with Gasteiger partial charge in [0.15, 0.2) is 5.41 Å². The average molecular weight is 218 g/mol. The van der Waals surface area contributed by atoms with Gasteiger partial charge in [0.25, 0.3) is 0 Å². The van der Waals surface area contributed by atoms with Crippen LogP contribution in [-0.4, -0.2) is 11.1 Å². The second-order valence-corrected chi connectivity index (χ2v) is 3.54. The van der Waals surface area contributed by atoms with Gasteiger partial charge >= 0.3 is 5.97 Å². The van der Waals surface area contributed by atoms with Crippen molar-refractivity contribution in [2.75, 3.05) is 0 Å². The predicted molar refractivity (Wildman–Crippen MR) is 59.6 cm³/mol. The van der Waals surface area contributed by atoms with Crippen LogP contribution in [0.1, 0.15) is 24.5 Å². The van der Waals surface area contributed by atoms with E-state index in [9.17, 15) is 9.90 Å². The highest BCUT2D eigenvalue weighted by molar-refractivity contribution is 5.85. The van der Waals surface area contributed by atoms with Gasteiger partial charge in [-0.05, 0) is 17.5 Å². The van der Waals surface area contributed by atoms with Crippen LogP contribution in [0.3, 0.4) is 0 Å². The molecule has 0 saturated carbocycles. The monoisotopic (exact) mass is 218 g/mol. The molecule has 1 unspecified atom stereocenters. The Morgan fingerprint density at radius 1 is 1.56 bits per heavy atom. The summed E-state index contributed by atoms with van der Waals surface area (Å²) in [6.07, 6.45) is 0.218. The van der Waals surface area contributed by atoms with E-state index in [4.69, 9.17) is 11.0 Å². The number of rotatable bonds is 4. The number of carboxylic acids is 1. The molecule has 1 aromatic rings. The largest absolute Gasteiger partial charge is 0.480 e. The standard InChI is InChI=1S/C12H14N2O2/c1-2-12(8-14,11(15)16)10-6-4-3-5-9(10)7-13/h3-6H,2,7,13H2,1H3,(H,15,16). The van der Waals surface area contributed by atoms with E-state index in [1.165, 1.54) is 0 Å². The van der Waals surface area contributed by atoms with Crippen molar-refractivity contribution < 1.29 is 9.90 Å². The first-order valence-corrected chi connectivity index (χ1v) is 5.05. The molecule has 84 valence electrons. The molecule has 3 N–H and O–H groups in total. The van der Waals surface area contributed by atoms with Crippen LogP contribution in [0.15, 0.2) is 24.3 Å². The zero-order valence-electron chi connectivity index (χ0n) is 9.10. The van der Waals surface area contributed by atoms with Crippen LogP contribution in [0.4, 0.5) is 0 Å². The minimum atomic E-state index is -1.49. The highest BCUT2D eigenvalue weighted by Crippen LogP contribution is 2.30. The van der Waals surface area contributed by atoms with E-state index in [0.29, 0.717) is 11.1 Å². The minimum Gasteiger partial charge on any atom is -0.480 e. The predicted octanol–water partition coefficient (Wildman–Crippen LogP) is 1.40. The summed E-state index contributed by atoms with van der Waals surface area (Å²) in [6, 6.07) is 8.81. The van der Waals surface area contributed by atoms with Gasteiger partial charge in [-0.15, -0.1) is 0 Å². The summed E-state index contributed by atoms with van der Waals surface area (Å²) in [5, 5.41) is 18.4. The molecule has 0 amide bonds. The van der Waals surface area contributed by atoms with Gasteiger partial charge in [0.1, 0.15) is 0 Å². The fraction of sp³-hybridized carbons (Fsp3) is 0.333. The maximum absolute atomic E-state index is 11.3. The molecule has 4 heteroatoms. The number of hydrogen-bond donors (Lipinski definition) is 2. The van der Waals surface area contributed by atoms with Crippen LogP contribution in [0.5, 0.6) is 0 Å². The highest BCUT2D eigenvalue weighted by Gasteiger charge is 2.40. The molecule has 1 rings (SSSR count). The van der Waals surface area contributed by atoms with E-state index < -0.39 is 11.4 Å². The first-order valence-electron chi connectivity index (χ1n) is 5.05. The SMILES string of the molecule is CCC(C#N)(C(=O)O)c1ccccc1CN. The Morgan fingerprint density at radius 3 is 2.62 bits per heavy atom. The Hall–Kier alpha value is -1.86. The lowest BCUT2D eigenvalue weighted by atomic mass is 9.77. The number of nitriles is 1. The summed E-state index contributed by atoms with van der Waals surface area (Å²) in [5.74, 6) is -1.13. The number of nitrogens with two attached hydrogens (primary N) is 1. The molecule has 4 nitrogen and oxygen atoms in total. The molecule has 0 bridgehead atoms. The topological polar surface area (TPSA) is 87.1 Å². The van der Waals surface area contributed by atoms with Gasteiger partial charge < -0.3 is 10.8 Å². The summed E-state index contributed by atoms with van der Waals surface area (Å²) in [4.78, 5) is 11.3. The lowest BCUT2D eigenvalue weighted by Crippen LogP contribution is -2.34. The zero-order chi connectivity index (χ0) is 12.2. The van der Waals surface area contributed by atoms with Crippen molar-refractivity contribution in [1.29, 1.82) is 5.26 Å². The molecular formula is C12H14N2O2. The Kier molecular flexibility index (Phi) is 3.64. The fourth-order valence-electron chi connectivity index (χ4n) is 1.76. The van der Waals surface area contributed by atoms with Crippen LogP contribution in [-0.2, 0) is 16.8 Å². The van der Waals surface area contributed by atoms with Gasteiger partial charge in [-0.1, -0.05) is 31.2 Å². The van der Waals surface area contributed by atoms with Crippen molar-refractivity contribution in [2.24, 2.45) is 5.73 Å². The molecule has 0 aliphatic rings. The number of carboxylic acid groups (broad SMARTS) is 1. The Labute approximate surface area is 94.3 Å². The maximum atomic E-state index is 11.3. The van der Waals surface area contributed by atoms with E-state index in [2.05, 4.69) is 0 Å². The van der Waals surface area contributed by atoms with Crippen LogP contribution >= 0.6 is 0 Å². The van der Waals surface area contributed by atoms with E-state index in [0.717, 1.165) is 0 Å². The van der Waals surface area contributed by atoms with Crippen LogP contribution in [0.25, 0.3) is 0 Å². The van der Waals surface area contributed by atoms with E-state index in [1.807, 2.05) is 6.07 Å². The minimum absolute atomic E-state index is 0.218. The smallest absolute Gasteiger partial charge is 0.328 e. The van der Waals surface area contributed by atoms with Gasteiger partial charge in [0, 0.05) is 6.54 Å². The fourth-order valence-corrected chi connectivity index (χ4v) is 1.76. The average Bonchev–Trinajstić information content (AvgIpc) is 2.31. The van der Waals surface area contributed by atoms with Crippen LogP contribution in [0.2, 0.25) is 0 Å². The van der Waals surface area contributed by atoms with E-state index in [1.54, 1.807) is 31.2 Å². The highest BCUT2D eigenvalue weighted by atomic mass is 16.4. The number of benzene rings is 1. The van der Waals surface area contributed by atoms with E-state index >= 15 is 0 Å². The van der Waals surface area contributed by atoms with Gasteiger partial charge in [-0.2, -0.15) is 5.26 Å². The third kappa shape index (κ3) is 1.77. The van der Waals surface area contributed by atoms with Crippen LogP contribution in [0, 0.1) is 11.3 Å². The zero-order valence-corrected chi connectivity index (χ0v) is 9.10. The lowest BCUT2D eigenvalue weighted by molar-refractivity contribution is -0.141. The maximum Gasteiger partial charge on any atom is 0.328 e. The molecule has 0 fully saturated rings. The number of hydrogen-bond acceptors (Lipinski definition) is 3. The molecule has 0 saturated heterocycles. The Morgan fingerprint density at radius 2 is 2.19 bits per heavy atom. The first kappa shape index (κ1) is 12.2. The Balaban J connectivity index is 3.44. The molecule has 0 aromatic heterocycles. The lowest BCUT2D eigenvalue weighted by Gasteiger charge is -2.22. The van der Waals surface area contributed by atoms with Crippen molar-refractivity contribution in [1.82, 2.24) is 0 Å². The second kappa shape index (κ2) is 4.77. The van der Waals surface area contributed by atoms with E-state index in [-0.39, 0.29) is 13.0 Å². The normalized spacial score (nSPS) is 13.8. The van der Waals surface area contributed by atoms with Crippen molar-refractivity contribution in [2.45, 2.75) is 25.3 Å². The quantitative estimate of drug-likeness (QED) is 0.799. The summed E-state index contributed by atoms with van der Waals surface area (Å²) in [6.45, 7) is 1.91.